The first kappa shape index (κ1) is 13.8. The summed E-state index contributed by atoms with van der Waals surface area (Å²) < 4.78 is 11.2. The van der Waals surface area contributed by atoms with Gasteiger partial charge in [-0.05, 0) is 37.0 Å². The molecule has 4 heteroatoms. The first-order valence-corrected chi connectivity index (χ1v) is 7.66. The number of halogens is 1. The van der Waals surface area contributed by atoms with Gasteiger partial charge in [0.1, 0.15) is 13.2 Å². The average molecular weight is 294 g/mol. The molecule has 1 N–H and O–H groups in total. The molecule has 3 rings (SSSR count). The minimum absolute atomic E-state index is 0.563. The molecule has 1 aliphatic heterocycles. The van der Waals surface area contributed by atoms with E-state index in [1.807, 2.05) is 12.1 Å². The Morgan fingerprint density at radius 2 is 2.15 bits per heavy atom. The average Bonchev–Trinajstić information content (AvgIpc) is 3.27. The van der Waals surface area contributed by atoms with E-state index in [0.29, 0.717) is 24.0 Å². The highest BCUT2D eigenvalue weighted by Crippen LogP contribution is 2.38. The number of rotatable bonds is 5. The zero-order valence-corrected chi connectivity index (χ0v) is 12.5. The molecular formula is C16H20ClNO2. The summed E-state index contributed by atoms with van der Waals surface area (Å²) in [6.45, 7) is 4.28. The van der Waals surface area contributed by atoms with Crippen LogP contribution in [0.3, 0.4) is 0 Å². The summed E-state index contributed by atoms with van der Waals surface area (Å²) >= 11 is 6.26. The largest absolute Gasteiger partial charge is 0.486 e. The first-order valence-electron chi connectivity index (χ1n) is 7.28. The van der Waals surface area contributed by atoms with Gasteiger partial charge in [-0.15, -0.1) is 0 Å². The molecule has 1 saturated carbocycles. The zero-order chi connectivity index (χ0) is 13.9. The van der Waals surface area contributed by atoms with Crippen molar-refractivity contribution in [2.75, 3.05) is 19.8 Å². The summed E-state index contributed by atoms with van der Waals surface area (Å²) in [4.78, 5) is 0. The van der Waals surface area contributed by atoms with E-state index in [-0.39, 0.29) is 0 Å². The SMILES string of the molecule is CCC(=Cc1cc(Cl)c2c(c1)OCCO2)CNC1CC1. The quantitative estimate of drug-likeness (QED) is 0.899. The van der Waals surface area contributed by atoms with Crippen LogP contribution in [0.4, 0.5) is 0 Å². The second-order valence-electron chi connectivity index (χ2n) is 5.34. The molecule has 0 spiro atoms. The van der Waals surface area contributed by atoms with E-state index in [0.717, 1.165) is 30.3 Å². The van der Waals surface area contributed by atoms with Crippen molar-refractivity contribution < 1.29 is 9.47 Å². The third kappa shape index (κ3) is 3.28. The standard InChI is InChI=1S/C16H20ClNO2/c1-2-11(10-18-13-3-4-13)7-12-8-14(17)16-15(9-12)19-5-6-20-16/h7-9,13,18H,2-6,10H2,1H3. The molecule has 1 fully saturated rings. The van der Waals surface area contributed by atoms with Crippen LogP contribution in [0.25, 0.3) is 6.08 Å². The summed E-state index contributed by atoms with van der Waals surface area (Å²) in [6, 6.07) is 4.68. The summed E-state index contributed by atoms with van der Waals surface area (Å²) in [5.74, 6) is 1.42. The van der Waals surface area contributed by atoms with Gasteiger partial charge < -0.3 is 14.8 Å². The Hall–Kier alpha value is -1.19. The molecule has 1 heterocycles. The number of hydrogen-bond acceptors (Lipinski definition) is 3. The summed E-state index contributed by atoms with van der Waals surface area (Å²) in [6.07, 6.45) is 5.85. The molecule has 1 aromatic rings. The molecular weight excluding hydrogens is 274 g/mol. The van der Waals surface area contributed by atoms with Gasteiger partial charge in [0.25, 0.3) is 0 Å². The number of benzene rings is 1. The smallest absolute Gasteiger partial charge is 0.179 e. The summed E-state index contributed by atoms with van der Waals surface area (Å²) in [5, 5.41) is 4.17. The molecule has 108 valence electrons. The van der Waals surface area contributed by atoms with Crippen molar-refractivity contribution in [3.05, 3.63) is 28.3 Å². The van der Waals surface area contributed by atoms with Crippen molar-refractivity contribution in [1.29, 1.82) is 0 Å². The van der Waals surface area contributed by atoms with E-state index in [1.165, 1.54) is 18.4 Å². The molecule has 0 amide bonds. The van der Waals surface area contributed by atoms with Crippen LogP contribution in [-0.2, 0) is 0 Å². The lowest BCUT2D eigenvalue weighted by Gasteiger charge is -2.20. The number of hydrogen-bond donors (Lipinski definition) is 1. The van der Waals surface area contributed by atoms with Gasteiger partial charge in [0.15, 0.2) is 11.5 Å². The third-order valence-electron chi connectivity index (χ3n) is 3.64. The third-order valence-corrected chi connectivity index (χ3v) is 3.92. The van der Waals surface area contributed by atoms with Gasteiger partial charge in [0, 0.05) is 12.6 Å². The van der Waals surface area contributed by atoms with Crippen molar-refractivity contribution in [2.45, 2.75) is 32.2 Å². The minimum Gasteiger partial charge on any atom is -0.486 e. The molecule has 0 saturated heterocycles. The Morgan fingerprint density at radius 3 is 2.90 bits per heavy atom. The Labute approximate surface area is 124 Å². The molecule has 0 atom stereocenters. The van der Waals surface area contributed by atoms with Gasteiger partial charge in [0.2, 0.25) is 0 Å². The minimum atomic E-state index is 0.563. The molecule has 1 aliphatic carbocycles. The van der Waals surface area contributed by atoms with Crippen LogP contribution in [0.5, 0.6) is 11.5 Å². The van der Waals surface area contributed by atoms with Crippen LogP contribution < -0.4 is 14.8 Å². The zero-order valence-electron chi connectivity index (χ0n) is 11.7. The lowest BCUT2D eigenvalue weighted by molar-refractivity contribution is 0.171. The highest BCUT2D eigenvalue weighted by Gasteiger charge is 2.20. The van der Waals surface area contributed by atoms with Crippen LogP contribution >= 0.6 is 11.6 Å². The number of nitrogens with one attached hydrogen (secondary N) is 1. The van der Waals surface area contributed by atoms with Crippen molar-refractivity contribution in [3.8, 4) is 11.5 Å². The molecule has 0 unspecified atom stereocenters. The number of ether oxygens (including phenoxy) is 2. The fraction of sp³-hybridized carbons (Fsp3) is 0.500. The Morgan fingerprint density at radius 1 is 1.35 bits per heavy atom. The lowest BCUT2D eigenvalue weighted by atomic mass is 10.1. The topological polar surface area (TPSA) is 30.5 Å². The van der Waals surface area contributed by atoms with Crippen LogP contribution in [0.1, 0.15) is 31.7 Å². The van der Waals surface area contributed by atoms with Gasteiger partial charge in [-0.25, -0.2) is 0 Å². The Balaban J connectivity index is 1.79. The van der Waals surface area contributed by atoms with Gasteiger partial charge in [-0.1, -0.05) is 30.2 Å². The van der Waals surface area contributed by atoms with Crippen LogP contribution in [-0.4, -0.2) is 25.8 Å². The maximum atomic E-state index is 6.26. The molecule has 2 aliphatic rings. The lowest BCUT2D eigenvalue weighted by Crippen LogP contribution is -2.19. The van der Waals surface area contributed by atoms with E-state index in [2.05, 4.69) is 18.3 Å². The molecule has 3 nitrogen and oxygen atoms in total. The van der Waals surface area contributed by atoms with Gasteiger partial charge in [-0.2, -0.15) is 0 Å². The van der Waals surface area contributed by atoms with Crippen molar-refractivity contribution in [1.82, 2.24) is 5.32 Å². The van der Waals surface area contributed by atoms with E-state index >= 15 is 0 Å². The van der Waals surface area contributed by atoms with Crippen molar-refractivity contribution >= 4 is 17.7 Å². The normalized spacial score (nSPS) is 18.2. The fourth-order valence-corrected chi connectivity index (χ4v) is 2.56. The first-order chi connectivity index (χ1) is 9.76. The van der Waals surface area contributed by atoms with Crippen LogP contribution in [0, 0.1) is 0 Å². The van der Waals surface area contributed by atoms with E-state index in [9.17, 15) is 0 Å². The van der Waals surface area contributed by atoms with Crippen LogP contribution in [0.2, 0.25) is 5.02 Å². The summed E-state index contributed by atoms with van der Waals surface area (Å²) in [7, 11) is 0. The number of fused-ring (bicyclic) bond motifs is 1. The molecule has 1 aromatic carbocycles. The van der Waals surface area contributed by atoms with Gasteiger partial charge in [-0.3, -0.25) is 0 Å². The maximum Gasteiger partial charge on any atom is 0.179 e. The highest BCUT2D eigenvalue weighted by molar-refractivity contribution is 6.32. The van der Waals surface area contributed by atoms with Crippen molar-refractivity contribution in [3.63, 3.8) is 0 Å². The Bertz CT molecular complexity index is 523. The van der Waals surface area contributed by atoms with E-state index in [4.69, 9.17) is 21.1 Å². The van der Waals surface area contributed by atoms with E-state index < -0.39 is 0 Å². The molecule has 0 aromatic heterocycles. The predicted molar refractivity (Wildman–Crippen MR) is 81.7 cm³/mol. The fourth-order valence-electron chi connectivity index (χ4n) is 2.29. The van der Waals surface area contributed by atoms with Crippen molar-refractivity contribution in [2.24, 2.45) is 0 Å². The van der Waals surface area contributed by atoms with E-state index in [1.54, 1.807) is 0 Å². The predicted octanol–water partition coefficient (Wildman–Crippen LogP) is 3.66. The highest BCUT2D eigenvalue weighted by atomic mass is 35.5. The van der Waals surface area contributed by atoms with Crippen LogP contribution in [0.15, 0.2) is 17.7 Å². The maximum absolute atomic E-state index is 6.26. The second-order valence-corrected chi connectivity index (χ2v) is 5.75. The van der Waals surface area contributed by atoms with Gasteiger partial charge >= 0.3 is 0 Å². The summed E-state index contributed by atoms with van der Waals surface area (Å²) in [5.41, 5.74) is 2.46. The molecule has 0 bridgehead atoms. The molecule has 0 radical (unpaired) electrons. The Kier molecular flexibility index (Phi) is 4.18. The second kappa shape index (κ2) is 6.06. The molecule has 20 heavy (non-hydrogen) atoms. The monoisotopic (exact) mass is 293 g/mol. The van der Waals surface area contributed by atoms with Gasteiger partial charge in [0.05, 0.1) is 5.02 Å².